The lowest BCUT2D eigenvalue weighted by molar-refractivity contribution is 0.391. The first-order chi connectivity index (χ1) is 13.6. The molecule has 2 aromatic carbocycles. The summed E-state index contributed by atoms with van der Waals surface area (Å²) in [5.74, 6) is 1.73. The molecule has 0 saturated carbocycles. The molecular weight excluding hydrogens is 365 g/mol. The van der Waals surface area contributed by atoms with Gasteiger partial charge in [0.2, 0.25) is 5.95 Å². The SMILES string of the molecule is COc1ccc(CNc2nc3c(OC)cc(F)cc3c3ncnn23)c(OC)c1. The second-order valence-electron chi connectivity index (χ2n) is 5.97. The van der Waals surface area contributed by atoms with Crippen molar-refractivity contribution >= 4 is 22.5 Å². The number of rotatable bonds is 6. The summed E-state index contributed by atoms with van der Waals surface area (Å²) < 4.78 is 31.4. The van der Waals surface area contributed by atoms with Crippen LogP contribution in [0.3, 0.4) is 0 Å². The number of anilines is 1. The van der Waals surface area contributed by atoms with Gasteiger partial charge in [0.05, 0.1) is 26.7 Å². The molecule has 0 aliphatic heterocycles. The number of hydrogen-bond donors (Lipinski definition) is 1. The van der Waals surface area contributed by atoms with Crippen molar-refractivity contribution in [1.29, 1.82) is 0 Å². The standard InChI is InChI=1S/C19H18FN5O3/c1-26-13-5-4-11(15(8-13)27-2)9-21-19-24-17-14(18-22-10-23-25(18)19)6-12(20)7-16(17)28-3/h4-8,10H,9H2,1-3H3,(H,21,24). The van der Waals surface area contributed by atoms with Crippen molar-refractivity contribution in [2.75, 3.05) is 26.6 Å². The average molecular weight is 383 g/mol. The molecule has 0 aliphatic rings. The highest BCUT2D eigenvalue weighted by Crippen LogP contribution is 2.30. The van der Waals surface area contributed by atoms with E-state index in [-0.39, 0.29) is 0 Å². The fourth-order valence-electron chi connectivity index (χ4n) is 3.04. The third kappa shape index (κ3) is 3.00. The Bertz CT molecular complexity index is 1160. The largest absolute Gasteiger partial charge is 0.497 e. The minimum absolute atomic E-state index is 0.325. The number of benzene rings is 2. The first kappa shape index (κ1) is 17.8. The van der Waals surface area contributed by atoms with Crippen molar-refractivity contribution in [2.24, 2.45) is 0 Å². The molecule has 0 radical (unpaired) electrons. The molecule has 0 fully saturated rings. The Kier molecular flexibility index (Phi) is 4.56. The first-order valence-electron chi connectivity index (χ1n) is 8.46. The van der Waals surface area contributed by atoms with E-state index in [0.717, 1.165) is 5.56 Å². The predicted molar refractivity (Wildman–Crippen MR) is 102 cm³/mol. The summed E-state index contributed by atoms with van der Waals surface area (Å²) in [6, 6.07) is 8.22. The van der Waals surface area contributed by atoms with Crippen LogP contribution in [0, 0.1) is 5.82 Å². The molecule has 0 bridgehead atoms. The van der Waals surface area contributed by atoms with Gasteiger partial charge in [0.15, 0.2) is 5.65 Å². The predicted octanol–water partition coefficient (Wildman–Crippen LogP) is 3.05. The third-order valence-electron chi connectivity index (χ3n) is 4.40. The Labute approximate surface area is 159 Å². The number of aromatic nitrogens is 4. The van der Waals surface area contributed by atoms with Gasteiger partial charge in [-0.25, -0.2) is 14.4 Å². The van der Waals surface area contributed by atoms with Gasteiger partial charge < -0.3 is 19.5 Å². The second-order valence-corrected chi connectivity index (χ2v) is 5.97. The van der Waals surface area contributed by atoms with Crippen molar-refractivity contribution < 1.29 is 18.6 Å². The van der Waals surface area contributed by atoms with E-state index in [2.05, 4.69) is 20.4 Å². The van der Waals surface area contributed by atoms with Gasteiger partial charge in [-0.1, -0.05) is 0 Å². The summed E-state index contributed by atoms with van der Waals surface area (Å²) in [6.45, 7) is 0.421. The van der Waals surface area contributed by atoms with Crippen LogP contribution < -0.4 is 19.5 Å². The van der Waals surface area contributed by atoms with E-state index < -0.39 is 5.82 Å². The summed E-state index contributed by atoms with van der Waals surface area (Å²) in [5, 5.41) is 7.96. The lowest BCUT2D eigenvalue weighted by Crippen LogP contribution is -2.09. The number of methoxy groups -OCH3 is 3. The van der Waals surface area contributed by atoms with Crippen LogP contribution in [0.4, 0.5) is 10.3 Å². The smallest absolute Gasteiger partial charge is 0.226 e. The number of halogens is 1. The number of hydrogen-bond acceptors (Lipinski definition) is 7. The molecule has 0 saturated heterocycles. The Hall–Kier alpha value is -3.62. The topological polar surface area (TPSA) is 82.8 Å². The Morgan fingerprint density at radius 3 is 2.61 bits per heavy atom. The monoisotopic (exact) mass is 383 g/mol. The molecule has 9 heteroatoms. The Morgan fingerprint density at radius 2 is 1.86 bits per heavy atom. The molecule has 0 aliphatic carbocycles. The molecule has 0 amide bonds. The van der Waals surface area contributed by atoms with Crippen LogP contribution in [0.1, 0.15) is 5.56 Å². The highest BCUT2D eigenvalue weighted by atomic mass is 19.1. The van der Waals surface area contributed by atoms with Gasteiger partial charge >= 0.3 is 0 Å². The van der Waals surface area contributed by atoms with Crippen LogP contribution in [0.15, 0.2) is 36.7 Å². The number of nitrogens with zero attached hydrogens (tertiary/aromatic N) is 4. The molecule has 8 nitrogen and oxygen atoms in total. The van der Waals surface area contributed by atoms with Gasteiger partial charge in [-0.3, -0.25) is 0 Å². The maximum Gasteiger partial charge on any atom is 0.226 e. The first-order valence-corrected chi connectivity index (χ1v) is 8.46. The van der Waals surface area contributed by atoms with Gasteiger partial charge in [0.1, 0.15) is 34.9 Å². The zero-order valence-corrected chi connectivity index (χ0v) is 15.6. The van der Waals surface area contributed by atoms with E-state index in [1.807, 2.05) is 18.2 Å². The van der Waals surface area contributed by atoms with Gasteiger partial charge in [0, 0.05) is 24.2 Å². The van der Waals surface area contributed by atoms with E-state index in [0.29, 0.717) is 46.3 Å². The lowest BCUT2D eigenvalue weighted by atomic mass is 10.2. The molecule has 1 N–H and O–H groups in total. The van der Waals surface area contributed by atoms with Crippen molar-refractivity contribution in [2.45, 2.75) is 6.54 Å². The van der Waals surface area contributed by atoms with Gasteiger partial charge in [0.25, 0.3) is 0 Å². The van der Waals surface area contributed by atoms with E-state index in [4.69, 9.17) is 14.2 Å². The highest BCUT2D eigenvalue weighted by Gasteiger charge is 2.16. The summed E-state index contributed by atoms with van der Waals surface area (Å²) in [6.07, 6.45) is 1.40. The van der Waals surface area contributed by atoms with Gasteiger partial charge in [-0.2, -0.15) is 9.61 Å². The fourth-order valence-corrected chi connectivity index (χ4v) is 3.04. The number of fused-ring (bicyclic) bond motifs is 3. The van der Waals surface area contributed by atoms with Gasteiger partial charge in [-0.15, -0.1) is 0 Å². The van der Waals surface area contributed by atoms with Crippen molar-refractivity contribution in [3.63, 3.8) is 0 Å². The minimum Gasteiger partial charge on any atom is -0.497 e. The fraction of sp³-hybridized carbons (Fsp3) is 0.211. The maximum atomic E-state index is 13.9. The normalized spacial score (nSPS) is 11.0. The summed E-state index contributed by atoms with van der Waals surface area (Å²) in [7, 11) is 4.67. The lowest BCUT2D eigenvalue weighted by Gasteiger charge is -2.13. The summed E-state index contributed by atoms with van der Waals surface area (Å²) in [5.41, 5.74) is 1.88. The molecule has 4 aromatic rings. The molecule has 2 heterocycles. The summed E-state index contributed by atoms with van der Waals surface area (Å²) in [4.78, 5) is 8.83. The molecule has 28 heavy (non-hydrogen) atoms. The van der Waals surface area contributed by atoms with E-state index >= 15 is 0 Å². The molecule has 2 aromatic heterocycles. The zero-order chi connectivity index (χ0) is 19.7. The third-order valence-corrected chi connectivity index (χ3v) is 4.40. The Balaban J connectivity index is 1.76. The van der Waals surface area contributed by atoms with Crippen molar-refractivity contribution in [1.82, 2.24) is 19.6 Å². The quantitative estimate of drug-likeness (QED) is 0.548. The van der Waals surface area contributed by atoms with Crippen LogP contribution in [-0.4, -0.2) is 40.9 Å². The molecule has 0 unspecified atom stereocenters. The minimum atomic E-state index is -0.431. The zero-order valence-electron chi connectivity index (χ0n) is 15.6. The molecular formula is C19H18FN5O3. The van der Waals surface area contributed by atoms with Gasteiger partial charge in [-0.05, 0) is 18.2 Å². The summed E-state index contributed by atoms with van der Waals surface area (Å²) >= 11 is 0. The van der Waals surface area contributed by atoms with E-state index in [1.54, 1.807) is 14.2 Å². The van der Waals surface area contributed by atoms with Crippen LogP contribution in [0.2, 0.25) is 0 Å². The molecule has 0 spiro atoms. The van der Waals surface area contributed by atoms with Crippen molar-refractivity contribution in [3.8, 4) is 17.2 Å². The number of nitrogens with one attached hydrogen (secondary N) is 1. The highest BCUT2D eigenvalue weighted by molar-refractivity contribution is 5.95. The second kappa shape index (κ2) is 7.18. The molecule has 4 rings (SSSR count). The van der Waals surface area contributed by atoms with Crippen LogP contribution in [-0.2, 0) is 6.54 Å². The van der Waals surface area contributed by atoms with Crippen LogP contribution >= 0.6 is 0 Å². The van der Waals surface area contributed by atoms with E-state index in [1.165, 1.54) is 30.1 Å². The molecule has 0 atom stereocenters. The maximum absolute atomic E-state index is 13.9. The van der Waals surface area contributed by atoms with Crippen LogP contribution in [0.25, 0.3) is 16.6 Å². The van der Waals surface area contributed by atoms with Crippen molar-refractivity contribution in [3.05, 3.63) is 48.0 Å². The molecule has 144 valence electrons. The average Bonchev–Trinajstić information content (AvgIpc) is 3.22. The Morgan fingerprint density at radius 1 is 1.04 bits per heavy atom. The van der Waals surface area contributed by atoms with E-state index in [9.17, 15) is 4.39 Å². The number of ether oxygens (including phenoxy) is 3. The van der Waals surface area contributed by atoms with Crippen LogP contribution in [0.5, 0.6) is 17.2 Å².